The predicted octanol–water partition coefficient (Wildman–Crippen LogP) is 3.03. The molecule has 0 aromatic rings. The van der Waals surface area contributed by atoms with Crippen molar-refractivity contribution in [3.05, 3.63) is 0 Å². The molecule has 10 heavy (non-hydrogen) atoms. The first-order chi connectivity index (χ1) is 4.52. The van der Waals surface area contributed by atoms with E-state index in [0.717, 1.165) is 11.8 Å². The van der Waals surface area contributed by atoms with Crippen LogP contribution in [0.25, 0.3) is 0 Å². The van der Waals surface area contributed by atoms with Crippen molar-refractivity contribution in [1.29, 1.82) is 0 Å². The first-order valence-corrected chi connectivity index (χ1v) is 5.25. The predicted molar refractivity (Wildman–Crippen MR) is 49.4 cm³/mol. The van der Waals surface area contributed by atoms with Gasteiger partial charge in [-0.2, -0.15) is 11.8 Å². The minimum atomic E-state index is 0.531. The number of hydrogen-bond donors (Lipinski definition) is 0. The first kappa shape index (κ1) is 8.45. The molecule has 1 aliphatic rings. The van der Waals surface area contributed by atoms with E-state index in [1.165, 1.54) is 11.5 Å². The summed E-state index contributed by atoms with van der Waals surface area (Å²) in [5.74, 6) is 4.63. The van der Waals surface area contributed by atoms with E-state index in [2.05, 4.69) is 39.5 Å². The Morgan fingerprint density at radius 3 is 2.00 bits per heavy atom. The number of hydrogen-bond acceptors (Lipinski definition) is 1. The number of rotatable bonds is 0. The van der Waals surface area contributed by atoms with Crippen LogP contribution in [0.1, 0.15) is 27.7 Å². The van der Waals surface area contributed by atoms with Gasteiger partial charge in [0.1, 0.15) is 0 Å². The van der Waals surface area contributed by atoms with Crippen molar-refractivity contribution in [2.75, 3.05) is 11.5 Å². The normalized spacial score (nSPS) is 34.8. The molecule has 2 unspecified atom stereocenters. The molecule has 0 bridgehead atoms. The average Bonchev–Trinajstić information content (AvgIpc) is 2.11. The molecule has 0 spiro atoms. The summed E-state index contributed by atoms with van der Waals surface area (Å²) in [5, 5.41) is 0. The Hall–Kier alpha value is 0.350. The third kappa shape index (κ3) is 1.69. The molecular formula is C9H18S. The smallest absolute Gasteiger partial charge is 0.00312 e. The molecule has 0 aromatic carbocycles. The number of thioether (sulfide) groups is 1. The molecule has 0 nitrogen and oxygen atoms in total. The van der Waals surface area contributed by atoms with Crippen LogP contribution < -0.4 is 0 Å². The largest absolute Gasteiger partial charge is 0.161 e. The summed E-state index contributed by atoms with van der Waals surface area (Å²) in [5.41, 5.74) is 0.531. The molecule has 2 atom stereocenters. The van der Waals surface area contributed by atoms with Crippen LogP contribution in [-0.2, 0) is 0 Å². The summed E-state index contributed by atoms with van der Waals surface area (Å²) in [6.45, 7) is 9.47. The van der Waals surface area contributed by atoms with E-state index in [-0.39, 0.29) is 0 Å². The van der Waals surface area contributed by atoms with Gasteiger partial charge in [-0.25, -0.2) is 0 Å². The monoisotopic (exact) mass is 158 g/mol. The SMILES string of the molecule is CC1CSCC1C(C)(C)C. The Morgan fingerprint density at radius 1 is 1.20 bits per heavy atom. The standard InChI is InChI=1S/C9H18S/c1-7-5-10-6-8(7)9(2,3)4/h7-8H,5-6H2,1-4H3. The molecule has 0 N–H and O–H groups in total. The Balaban J connectivity index is 2.55. The van der Waals surface area contributed by atoms with Gasteiger partial charge >= 0.3 is 0 Å². The van der Waals surface area contributed by atoms with Crippen molar-refractivity contribution < 1.29 is 0 Å². The van der Waals surface area contributed by atoms with Gasteiger partial charge in [0.25, 0.3) is 0 Å². The fourth-order valence-electron chi connectivity index (χ4n) is 1.76. The van der Waals surface area contributed by atoms with Gasteiger partial charge in [0, 0.05) is 0 Å². The molecule has 1 heteroatoms. The lowest BCUT2D eigenvalue weighted by molar-refractivity contribution is 0.216. The van der Waals surface area contributed by atoms with E-state index in [0.29, 0.717) is 5.41 Å². The van der Waals surface area contributed by atoms with Crippen LogP contribution in [0, 0.1) is 17.3 Å². The van der Waals surface area contributed by atoms with E-state index < -0.39 is 0 Å². The zero-order valence-corrected chi connectivity index (χ0v) is 8.29. The summed E-state index contributed by atoms with van der Waals surface area (Å²) in [4.78, 5) is 0. The van der Waals surface area contributed by atoms with Crippen molar-refractivity contribution in [1.82, 2.24) is 0 Å². The highest BCUT2D eigenvalue weighted by atomic mass is 32.2. The van der Waals surface area contributed by atoms with Crippen LogP contribution in [-0.4, -0.2) is 11.5 Å². The van der Waals surface area contributed by atoms with E-state index in [9.17, 15) is 0 Å². The third-order valence-electron chi connectivity index (χ3n) is 2.48. The summed E-state index contributed by atoms with van der Waals surface area (Å²) < 4.78 is 0. The molecule has 1 fully saturated rings. The highest BCUT2D eigenvalue weighted by Gasteiger charge is 2.33. The van der Waals surface area contributed by atoms with Gasteiger partial charge in [-0.3, -0.25) is 0 Å². The lowest BCUT2D eigenvalue weighted by Gasteiger charge is -2.29. The zero-order valence-electron chi connectivity index (χ0n) is 7.48. The Kier molecular flexibility index (Phi) is 2.34. The highest BCUT2D eigenvalue weighted by molar-refractivity contribution is 7.99. The van der Waals surface area contributed by atoms with E-state index in [1.54, 1.807) is 0 Å². The molecule has 1 aliphatic heterocycles. The molecule has 0 radical (unpaired) electrons. The van der Waals surface area contributed by atoms with Gasteiger partial charge in [0.2, 0.25) is 0 Å². The topological polar surface area (TPSA) is 0 Å². The van der Waals surface area contributed by atoms with Crippen molar-refractivity contribution in [2.24, 2.45) is 17.3 Å². The molecule has 1 heterocycles. The van der Waals surface area contributed by atoms with E-state index >= 15 is 0 Å². The van der Waals surface area contributed by atoms with Gasteiger partial charge in [-0.1, -0.05) is 27.7 Å². The second kappa shape index (κ2) is 2.77. The lowest BCUT2D eigenvalue weighted by atomic mass is 9.76. The van der Waals surface area contributed by atoms with E-state index in [1.807, 2.05) is 0 Å². The Bertz CT molecular complexity index is 112. The maximum absolute atomic E-state index is 2.38. The third-order valence-corrected chi connectivity index (χ3v) is 3.83. The van der Waals surface area contributed by atoms with Crippen molar-refractivity contribution in [3.63, 3.8) is 0 Å². The van der Waals surface area contributed by atoms with Crippen LogP contribution in [0.3, 0.4) is 0 Å². The second-order valence-electron chi connectivity index (χ2n) is 4.49. The maximum Gasteiger partial charge on any atom is -0.00312 e. The lowest BCUT2D eigenvalue weighted by Crippen LogP contribution is -2.25. The van der Waals surface area contributed by atoms with Crippen LogP contribution in [0.5, 0.6) is 0 Å². The fourth-order valence-corrected chi connectivity index (χ4v) is 3.59. The maximum atomic E-state index is 2.38. The average molecular weight is 158 g/mol. The van der Waals surface area contributed by atoms with Crippen molar-refractivity contribution in [3.8, 4) is 0 Å². The quantitative estimate of drug-likeness (QED) is 0.522. The summed E-state index contributed by atoms with van der Waals surface area (Å²) >= 11 is 2.12. The molecule has 0 amide bonds. The molecule has 0 aliphatic carbocycles. The minimum Gasteiger partial charge on any atom is -0.161 e. The fraction of sp³-hybridized carbons (Fsp3) is 1.00. The molecule has 1 saturated heterocycles. The van der Waals surface area contributed by atoms with Gasteiger partial charge < -0.3 is 0 Å². The van der Waals surface area contributed by atoms with Gasteiger partial charge in [-0.05, 0) is 28.8 Å². The highest BCUT2D eigenvalue weighted by Crippen LogP contribution is 2.41. The second-order valence-corrected chi connectivity index (χ2v) is 5.56. The van der Waals surface area contributed by atoms with Crippen LogP contribution in [0.2, 0.25) is 0 Å². The summed E-state index contributed by atoms with van der Waals surface area (Å²) in [6, 6.07) is 0. The van der Waals surface area contributed by atoms with Crippen molar-refractivity contribution in [2.45, 2.75) is 27.7 Å². The molecule has 60 valence electrons. The van der Waals surface area contributed by atoms with Crippen molar-refractivity contribution >= 4 is 11.8 Å². The van der Waals surface area contributed by atoms with Crippen LogP contribution in [0.15, 0.2) is 0 Å². The van der Waals surface area contributed by atoms with Crippen LogP contribution >= 0.6 is 11.8 Å². The molecule has 0 aromatic heterocycles. The van der Waals surface area contributed by atoms with E-state index in [4.69, 9.17) is 0 Å². The summed E-state index contributed by atoms with van der Waals surface area (Å²) in [7, 11) is 0. The van der Waals surface area contributed by atoms with Gasteiger partial charge in [0.05, 0.1) is 0 Å². The Labute approximate surface area is 68.8 Å². The van der Waals surface area contributed by atoms with Gasteiger partial charge in [-0.15, -0.1) is 0 Å². The molecular weight excluding hydrogens is 140 g/mol. The zero-order chi connectivity index (χ0) is 7.78. The minimum absolute atomic E-state index is 0.531. The first-order valence-electron chi connectivity index (χ1n) is 4.09. The van der Waals surface area contributed by atoms with Crippen LogP contribution in [0.4, 0.5) is 0 Å². The molecule has 0 saturated carbocycles. The summed E-state index contributed by atoms with van der Waals surface area (Å²) in [6.07, 6.45) is 0. The molecule has 1 rings (SSSR count). The van der Waals surface area contributed by atoms with Gasteiger partial charge in [0.15, 0.2) is 0 Å². The Morgan fingerprint density at radius 2 is 1.80 bits per heavy atom.